The highest BCUT2D eigenvalue weighted by Gasteiger charge is 2.03. The Morgan fingerprint density at radius 1 is 1.73 bits per heavy atom. The summed E-state index contributed by atoms with van der Waals surface area (Å²) in [5.74, 6) is -0.286. The molecule has 2 unspecified atom stereocenters. The highest BCUT2D eigenvalue weighted by atomic mass is 35.5. The zero-order valence-corrected chi connectivity index (χ0v) is 9.08. The highest BCUT2D eigenvalue weighted by molar-refractivity contribution is 8.00. The molecule has 70 valence electrons. The summed E-state index contributed by atoms with van der Waals surface area (Å²) in [4.78, 5) is 8.25. The van der Waals surface area contributed by atoms with Crippen molar-refractivity contribution in [1.29, 1.82) is 0 Å². The molecule has 2 nitrogen and oxygen atoms in total. The van der Waals surface area contributed by atoms with Crippen LogP contribution >= 0.6 is 18.8 Å². The molecule has 0 aromatic heterocycles. The first-order valence-corrected chi connectivity index (χ1v) is 6.20. The van der Waals surface area contributed by atoms with Gasteiger partial charge in [-0.3, -0.25) is 4.52 Å². The van der Waals surface area contributed by atoms with Crippen LogP contribution in [0.3, 0.4) is 0 Å². The van der Waals surface area contributed by atoms with Crippen LogP contribution in [0.25, 0.3) is 0 Å². The molecule has 11 heavy (non-hydrogen) atoms. The van der Waals surface area contributed by atoms with Crippen LogP contribution < -0.4 is 0 Å². The van der Waals surface area contributed by atoms with Gasteiger partial charge in [-0.1, -0.05) is 20.3 Å². The Morgan fingerprint density at radius 2 is 2.09 bits per heavy atom. The minimum atomic E-state index is -2.32. The van der Waals surface area contributed by atoms with E-state index in [-0.39, 0.29) is 5.88 Å². The van der Waals surface area contributed by atoms with Gasteiger partial charge in [-0.05, 0) is 11.8 Å². The third kappa shape index (κ3) is 18.1. The topological polar surface area (TPSA) is 29.5 Å². The Hall–Kier alpha value is 0.790. The Labute approximate surface area is 77.3 Å². The molecular formula is C5H13ClFO2PS. The lowest BCUT2D eigenvalue weighted by molar-refractivity contribution is 0.0971. The van der Waals surface area contributed by atoms with E-state index < -0.39 is 13.5 Å². The van der Waals surface area contributed by atoms with Crippen molar-refractivity contribution in [2.75, 3.05) is 5.88 Å². The van der Waals surface area contributed by atoms with E-state index in [1.165, 1.54) is 6.42 Å². The molecule has 0 bridgehead atoms. The first-order valence-electron chi connectivity index (χ1n) is 3.18. The van der Waals surface area contributed by atoms with Gasteiger partial charge in [0.2, 0.25) is 6.36 Å². The lowest BCUT2D eigenvalue weighted by Gasteiger charge is -2.01. The molecule has 0 aliphatic carbocycles. The average Bonchev–Trinajstić information content (AvgIpc) is 1.88. The summed E-state index contributed by atoms with van der Waals surface area (Å²) in [6, 6.07) is 0. The van der Waals surface area contributed by atoms with E-state index in [1.807, 2.05) is 0 Å². The Kier molecular flexibility index (Phi) is 14.0. The standard InChI is InChI=1S/C3H8.C2H5ClFO2PS/c1-3-2;3-1-2(4)6-7(5)8/h3H2,1-2H3;2,7H,1H2,(H,5,8). The van der Waals surface area contributed by atoms with Crippen molar-refractivity contribution >= 4 is 30.6 Å². The first kappa shape index (κ1) is 14.3. The second-order valence-corrected chi connectivity index (χ2v) is 3.78. The lowest BCUT2D eigenvalue weighted by Crippen LogP contribution is -2.01. The monoisotopic (exact) mass is 222 g/mol. The van der Waals surface area contributed by atoms with E-state index >= 15 is 0 Å². The molecule has 0 spiro atoms. The predicted octanol–water partition coefficient (Wildman–Crippen LogP) is 2.45. The first-order chi connectivity index (χ1) is 5.08. The molecule has 0 aliphatic heterocycles. The second kappa shape index (κ2) is 10.8. The van der Waals surface area contributed by atoms with E-state index in [2.05, 4.69) is 30.2 Å². The normalized spacial score (nSPS) is 14.6. The number of hydrogen-bond acceptors (Lipinski definition) is 2. The van der Waals surface area contributed by atoms with Crippen molar-refractivity contribution in [2.45, 2.75) is 26.6 Å². The molecule has 0 aromatic rings. The van der Waals surface area contributed by atoms with Crippen LogP contribution in [0.5, 0.6) is 0 Å². The van der Waals surface area contributed by atoms with Gasteiger partial charge in [0.25, 0.3) is 0 Å². The second-order valence-electron chi connectivity index (χ2n) is 1.66. The molecule has 0 saturated heterocycles. The van der Waals surface area contributed by atoms with Crippen molar-refractivity contribution in [3.05, 3.63) is 0 Å². The molecule has 0 fully saturated rings. The van der Waals surface area contributed by atoms with Crippen LogP contribution in [-0.4, -0.2) is 17.1 Å². The van der Waals surface area contributed by atoms with Gasteiger partial charge in [-0.15, -0.1) is 11.6 Å². The maximum Gasteiger partial charge on any atom is 0.218 e. The van der Waals surface area contributed by atoms with Gasteiger partial charge < -0.3 is 4.89 Å². The van der Waals surface area contributed by atoms with Gasteiger partial charge in [0, 0.05) is 0 Å². The molecule has 0 saturated carbocycles. The van der Waals surface area contributed by atoms with E-state index in [4.69, 9.17) is 16.5 Å². The third-order valence-corrected chi connectivity index (χ3v) is 1.34. The van der Waals surface area contributed by atoms with E-state index in [0.29, 0.717) is 0 Å². The van der Waals surface area contributed by atoms with Crippen molar-refractivity contribution in [2.24, 2.45) is 0 Å². The van der Waals surface area contributed by atoms with E-state index in [9.17, 15) is 4.39 Å². The highest BCUT2D eigenvalue weighted by Crippen LogP contribution is 2.19. The maximum absolute atomic E-state index is 11.8. The predicted molar refractivity (Wildman–Crippen MR) is 50.6 cm³/mol. The minimum absolute atomic E-state index is 0.286. The summed E-state index contributed by atoms with van der Waals surface area (Å²) in [5.41, 5.74) is 0. The smallest absolute Gasteiger partial charge is 0.218 e. The fourth-order valence-corrected chi connectivity index (χ4v) is 0.925. The fourth-order valence-electron chi connectivity index (χ4n) is 0.141. The minimum Gasteiger partial charge on any atom is -0.347 e. The zero-order valence-electron chi connectivity index (χ0n) is 6.51. The molecule has 2 atom stereocenters. The van der Waals surface area contributed by atoms with Gasteiger partial charge in [-0.25, -0.2) is 4.39 Å². The van der Waals surface area contributed by atoms with Crippen molar-refractivity contribution in [3.63, 3.8) is 0 Å². The summed E-state index contributed by atoms with van der Waals surface area (Å²) in [7, 11) is -2.32. The van der Waals surface area contributed by atoms with E-state index in [1.54, 1.807) is 0 Å². The molecule has 0 rings (SSSR count). The molecule has 0 radical (unpaired) electrons. The van der Waals surface area contributed by atoms with Crippen molar-refractivity contribution in [1.82, 2.24) is 0 Å². The lowest BCUT2D eigenvalue weighted by atomic mass is 10.6. The summed E-state index contributed by atoms with van der Waals surface area (Å²) < 4.78 is 15.9. The third-order valence-electron chi connectivity index (χ3n) is 0.350. The van der Waals surface area contributed by atoms with Crippen LogP contribution in [0.4, 0.5) is 4.39 Å². The number of alkyl halides is 2. The summed E-state index contributed by atoms with van der Waals surface area (Å²) >= 11 is 9.11. The van der Waals surface area contributed by atoms with E-state index in [0.717, 1.165) is 0 Å². The van der Waals surface area contributed by atoms with Crippen LogP contribution in [0.2, 0.25) is 0 Å². The molecule has 0 heterocycles. The SMILES string of the molecule is CCC.O[PH](=S)OC(F)CCl. The van der Waals surface area contributed by atoms with Gasteiger partial charge in [0.1, 0.15) is 0 Å². The number of rotatable bonds is 3. The Balaban J connectivity index is 0. The van der Waals surface area contributed by atoms with Crippen LogP contribution in [0.1, 0.15) is 20.3 Å². The molecule has 1 N–H and O–H groups in total. The quantitative estimate of drug-likeness (QED) is 0.588. The number of hydrogen-bond donors (Lipinski definition) is 1. The molecule has 0 aromatic carbocycles. The Bertz CT molecular complexity index is 106. The molecular weight excluding hydrogens is 210 g/mol. The zero-order chi connectivity index (χ0) is 9.28. The summed E-state index contributed by atoms with van der Waals surface area (Å²) in [6.07, 6.45) is -0.368. The fraction of sp³-hybridized carbons (Fsp3) is 1.00. The van der Waals surface area contributed by atoms with Gasteiger partial charge in [-0.2, -0.15) is 0 Å². The van der Waals surface area contributed by atoms with Gasteiger partial charge >= 0.3 is 0 Å². The van der Waals surface area contributed by atoms with Crippen molar-refractivity contribution in [3.8, 4) is 0 Å². The molecule has 0 amide bonds. The van der Waals surface area contributed by atoms with Crippen LogP contribution in [0.15, 0.2) is 0 Å². The molecule has 0 aliphatic rings. The van der Waals surface area contributed by atoms with Crippen LogP contribution in [-0.2, 0) is 16.3 Å². The van der Waals surface area contributed by atoms with Gasteiger partial charge in [0.15, 0.2) is 7.15 Å². The summed E-state index contributed by atoms with van der Waals surface area (Å²) in [6.45, 7) is 4.25. The van der Waals surface area contributed by atoms with Crippen molar-refractivity contribution < 1.29 is 13.8 Å². The largest absolute Gasteiger partial charge is 0.347 e. The maximum atomic E-state index is 11.8. The summed E-state index contributed by atoms with van der Waals surface area (Å²) in [5, 5.41) is 0. The number of halogens is 2. The van der Waals surface area contributed by atoms with Crippen LogP contribution in [0, 0.1) is 0 Å². The molecule has 6 heteroatoms. The van der Waals surface area contributed by atoms with Gasteiger partial charge in [0.05, 0.1) is 5.88 Å². The average molecular weight is 223 g/mol. The Morgan fingerprint density at radius 3 is 2.18 bits per heavy atom.